The second kappa shape index (κ2) is 8.08. The number of rotatable bonds is 9. The van der Waals surface area contributed by atoms with E-state index in [0.29, 0.717) is 6.04 Å². The molecule has 0 rings (SSSR count). The van der Waals surface area contributed by atoms with Crippen LogP contribution in [0.1, 0.15) is 66.7 Å². The lowest BCUT2D eigenvalue weighted by Gasteiger charge is -2.46. The normalized spacial score (nSPS) is 17.4. The molecule has 0 fully saturated rings. The number of hydrogen-bond donors (Lipinski definition) is 1. The molecule has 0 amide bonds. The maximum absolute atomic E-state index is 6.09. The minimum absolute atomic E-state index is 0.236. The fourth-order valence-corrected chi connectivity index (χ4v) is 2.73. The van der Waals surface area contributed by atoms with E-state index in [4.69, 9.17) is 5.73 Å². The Morgan fingerprint density at radius 2 is 1.81 bits per heavy atom. The first-order valence-corrected chi connectivity index (χ1v) is 7.08. The summed E-state index contributed by atoms with van der Waals surface area (Å²) in [4.78, 5) is 2.63. The van der Waals surface area contributed by atoms with Gasteiger partial charge in [0.05, 0.1) is 0 Å². The number of nitrogens with two attached hydrogens (primary N) is 1. The molecular weight excluding hydrogens is 196 g/mol. The van der Waals surface area contributed by atoms with Crippen LogP contribution < -0.4 is 5.73 Å². The van der Waals surface area contributed by atoms with E-state index in [2.05, 4.69) is 39.5 Å². The Balaban J connectivity index is 4.80. The topological polar surface area (TPSA) is 29.3 Å². The number of hydrogen-bond acceptors (Lipinski definition) is 2. The van der Waals surface area contributed by atoms with Crippen molar-refractivity contribution in [2.75, 3.05) is 13.1 Å². The average molecular weight is 228 g/mol. The van der Waals surface area contributed by atoms with Gasteiger partial charge in [-0.1, -0.05) is 40.5 Å². The molecule has 0 saturated heterocycles. The largest absolute Gasteiger partial charge is 0.329 e. The van der Waals surface area contributed by atoms with Gasteiger partial charge in [0, 0.05) is 18.1 Å². The lowest BCUT2D eigenvalue weighted by molar-refractivity contribution is 0.0452. The van der Waals surface area contributed by atoms with Crippen LogP contribution in [-0.4, -0.2) is 29.6 Å². The second-order valence-corrected chi connectivity index (χ2v) is 4.93. The van der Waals surface area contributed by atoms with Crippen molar-refractivity contribution in [1.29, 1.82) is 0 Å². The van der Waals surface area contributed by atoms with Gasteiger partial charge in [-0.15, -0.1) is 0 Å². The number of unbranched alkanes of at least 4 members (excludes halogenated alkanes) is 1. The van der Waals surface area contributed by atoms with Crippen LogP contribution in [0.5, 0.6) is 0 Å². The molecule has 0 aliphatic rings. The Labute approximate surface area is 103 Å². The summed E-state index contributed by atoms with van der Waals surface area (Å²) in [5.74, 6) is 0. The molecule has 0 aliphatic heterocycles. The van der Waals surface area contributed by atoms with E-state index in [-0.39, 0.29) is 5.54 Å². The summed E-state index contributed by atoms with van der Waals surface area (Å²) in [6, 6.07) is 0.644. The van der Waals surface area contributed by atoms with Crippen LogP contribution in [0.2, 0.25) is 0 Å². The van der Waals surface area contributed by atoms with Crippen molar-refractivity contribution < 1.29 is 0 Å². The molecule has 2 unspecified atom stereocenters. The summed E-state index contributed by atoms with van der Waals surface area (Å²) in [6.45, 7) is 13.3. The van der Waals surface area contributed by atoms with Gasteiger partial charge in [-0.3, -0.25) is 4.90 Å². The number of nitrogens with zero attached hydrogens (tertiary/aromatic N) is 1. The van der Waals surface area contributed by atoms with Crippen molar-refractivity contribution >= 4 is 0 Å². The van der Waals surface area contributed by atoms with Crippen LogP contribution >= 0.6 is 0 Å². The van der Waals surface area contributed by atoms with Crippen LogP contribution in [0.25, 0.3) is 0 Å². The second-order valence-electron chi connectivity index (χ2n) is 4.93. The van der Waals surface area contributed by atoms with Crippen molar-refractivity contribution in [3.63, 3.8) is 0 Å². The molecule has 2 nitrogen and oxygen atoms in total. The van der Waals surface area contributed by atoms with Gasteiger partial charge in [0.1, 0.15) is 0 Å². The van der Waals surface area contributed by atoms with E-state index in [1.807, 2.05) is 0 Å². The fraction of sp³-hybridized carbons (Fsp3) is 1.00. The molecule has 0 radical (unpaired) electrons. The van der Waals surface area contributed by atoms with Crippen molar-refractivity contribution in [2.45, 2.75) is 78.3 Å². The summed E-state index contributed by atoms with van der Waals surface area (Å²) >= 11 is 0. The van der Waals surface area contributed by atoms with Gasteiger partial charge in [-0.2, -0.15) is 0 Å². The molecule has 0 aromatic carbocycles. The Kier molecular flexibility index (Phi) is 8.04. The maximum atomic E-state index is 6.09. The van der Waals surface area contributed by atoms with E-state index in [1.165, 1.54) is 32.1 Å². The molecule has 0 heterocycles. The molecule has 0 aromatic rings. The Morgan fingerprint density at radius 1 is 1.19 bits per heavy atom. The molecule has 0 bridgehead atoms. The van der Waals surface area contributed by atoms with Crippen LogP contribution in [0, 0.1) is 0 Å². The smallest absolute Gasteiger partial charge is 0.0331 e. The third kappa shape index (κ3) is 3.74. The summed E-state index contributed by atoms with van der Waals surface area (Å²) in [5, 5.41) is 0. The first-order valence-electron chi connectivity index (χ1n) is 7.08. The summed E-state index contributed by atoms with van der Waals surface area (Å²) in [7, 11) is 0. The van der Waals surface area contributed by atoms with Crippen LogP contribution in [0.4, 0.5) is 0 Å². The van der Waals surface area contributed by atoms with E-state index in [1.54, 1.807) is 0 Å². The molecule has 2 heteroatoms. The third-order valence-corrected chi connectivity index (χ3v) is 4.11. The molecule has 0 saturated carbocycles. The first-order chi connectivity index (χ1) is 7.61. The van der Waals surface area contributed by atoms with Gasteiger partial charge in [0.2, 0.25) is 0 Å². The molecule has 0 aromatic heterocycles. The van der Waals surface area contributed by atoms with Crippen LogP contribution in [-0.2, 0) is 0 Å². The summed E-state index contributed by atoms with van der Waals surface area (Å²) in [6.07, 6.45) is 6.18. The lowest BCUT2D eigenvalue weighted by atomic mass is 9.86. The van der Waals surface area contributed by atoms with E-state index in [0.717, 1.165) is 13.1 Å². The first kappa shape index (κ1) is 15.9. The van der Waals surface area contributed by atoms with Crippen LogP contribution in [0.3, 0.4) is 0 Å². The predicted octanol–water partition coefficient (Wildman–Crippen LogP) is 3.40. The predicted molar refractivity (Wildman–Crippen MR) is 73.7 cm³/mol. The summed E-state index contributed by atoms with van der Waals surface area (Å²) < 4.78 is 0. The molecule has 16 heavy (non-hydrogen) atoms. The quantitative estimate of drug-likeness (QED) is 0.655. The Morgan fingerprint density at radius 3 is 2.12 bits per heavy atom. The zero-order chi connectivity index (χ0) is 12.6. The van der Waals surface area contributed by atoms with E-state index >= 15 is 0 Å². The third-order valence-electron chi connectivity index (χ3n) is 4.11. The van der Waals surface area contributed by atoms with Gasteiger partial charge in [0.15, 0.2) is 0 Å². The van der Waals surface area contributed by atoms with Crippen molar-refractivity contribution in [1.82, 2.24) is 4.90 Å². The van der Waals surface area contributed by atoms with Gasteiger partial charge < -0.3 is 5.73 Å². The monoisotopic (exact) mass is 228 g/mol. The number of likely N-dealkylation sites (N-methyl/N-ethyl adjacent to an activating group) is 1. The zero-order valence-corrected chi connectivity index (χ0v) is 12.1. The molecule has 2 N–H and O–H groups in total. The zero-order valence-electron chi connectivity index (χ0n) is 12.1. The van der Waals surface area contributed by atoms with Crippen molar-refractivity contribution in [3.8, 4) is 0 Å². The lowest BCUT2D eigenvalue weighted by Crippen LogP contribution is -2.56. The van der Waals surface area contributed by atoms with Gasteiger partial charge in [-0.25, -0.2) is 0 Å². The standard InChI is InChI=1S/C14H32N2/c1-6-10-11-14(8-3,12-15)16(9-4)13(5)7-2/h13H,6-12,15H2,1-5H3. The van der Waals surface area contributed by atoms with Gasteiger partial charge >= 0.3 is 0 Å². The van der Waals surface area contributed by atoms with Gasteiger partial charge in [-0.05, 0) is 32.7 Å². The highest BCUT2D eigenvalue weighted by atomic mass is 15.2. The SMILES string of the molecule is CCCCC(CC)(CN)N(CC)C(C)CC. The fourth-order valence-electron chi connectivity index (χ4n) is 2.73. The minimum Gasteiger partial charge on any atom is -0.329 e. The molecular formula is C14H32N2. The molecule has 0 spiro atoms. The minimum atomic E-state index is 0.236. The highest BCUT2D eigenvalue weighted by Gasteiger charge is 2.34. The molecule has 2 atom stereocenters. The molecule has 0 aliphatic carbocycles. The average Bonchev–Trinajstić information content (AvgIpc) is 2.34. The summed E-state index contributed by atoms with van der Waals surface area (Å²) in [5.41, 5.74) is 6.32. The van der Waals surface area contributed by atoms with Gasteiger partial charge in [0.25, 0.3) is 0 Å². The highest BCUT2D eigenvalue weighted by Crippen LogP contribution is 2.28. The highest BCUT2D eigenvalue weighted by molar-refractivity contribution is 4.92. The van der Waals surface area contributed by atoms with Crippen molar-refractivity contribution in [3.05, 3.63) is 0 Å². The van der Waals surface area contributed by atoms with Crippen LogP contribution in [0.15, 0.2) is 0 Å². The maximum Gasteiger partial charge on any atom is 0.0331 e. The van der Waals surface area contributed by atoms with E-state index in [9.17, 15) is 0 Å². The molecule has 98 valence electrons. The Hall–Kier alpha value is -0.0800. The van der Waals surface area contributed by atoms with E-state index < -0.39 is 0 Å². The Bertz CT molecular complexity index is 164. The van der Waals surface area contributed by atoms with Crippen molar-refractivity contribution in [2.24, 2.45) is 5.73 Å².